The number of nitrogens with zero attached hydrogens (tertiary/aromatic N) is 1. The van der Waals surface area contributed by atoms with Crippen molar-refractivity contribution < 1.29 is 13.6 Å². The predicted octanol–water partition coefficient (Wildman–Crippen LogP) is 5.14. The number of amides is 1. The average Bonchev–Trinajstić information content (AvgIpc) is 3.35. The minimum absolute atomic E-state index is 0.120. The molecule has 0 spiro atoms. The van der Waals surface area contributed by atoms with E-state index in [0.717, 1.165) is 17.9 Å². The van der Waals surface area contributed by atoms with Crippen LogP contribution in [0.5, 0.6) is 0 Å². The summed E-state index contributed by atoms with van der Waals surface area (Å²) in [4.78, 5) is 14.2. The molecule has 136 valence electrons. The van der Waals surface area contributed by atoms with Crippen LogP contribution in [0.15, 0.2) is 69.9 Å². The van der Waals surface area contributed by atoms with Crippen molar-refractivity contribution in [1.82, 2.24) is 4.90 Å². The minimum Gasteiger partial charge on any atom is -0.469 e. The first kappa shape index (κ1) is 18.1. The van der Waals surface area contributed by atoms with E-state index in [9.17, 15) is 4.79 Å². The van der Waals surface area contributed by atoms with E-state index < -0.39 is 0 Å². The molecule has 1 aromatic carbocycles. The number of rotatable bonds is 8. The molecular formula is C22H25NO3. The summed E-state index contributed by atoms with van der Waals surface area (Å²) >= 11 is 0. The predicted molar refractivity (Wildman–Crippen MR) is 101 cm³/mol. The van der Waals surface area contributed by atoms with E-state index in [1.54, 1.807) is 12.5 Å². The van der Waals surface area contributed by atoms with Crippen LogP contribution in [-0.2, 0) is 11.3 Å². The standard InChI is InChI=1S/C22H25NO3/c1-3-22(24)23(16-19-6-4-14-25-19)13-12-20(21-7-5-15-26-21)18-10-8-17(2)9-11-18/h4-11,14-15,20H,3,12-13,16H2,1-2H3/t20-/m0/s1. The van der Waals surface area contributed by atoms with Crippen molar-refractivity contribution in [1.29, 1.82) is 0 Å². The Kier molecular flexibility index (Phi) is 5.95. The Morgan fingerprint density at radius 2 is 1.77 bits per heavy atom. The van der Waals surface area contributed by atoms with Crippen LogP contribution in [0.4, 0.5) is 0 Å². The van der Waals surface area contributed by atoms with Gasteiger partial charge in [-0.2, -0.15) is 0 Å². The van der Waals surface area contributed by atoms with E-state index in [1.165, 1.54) is 11.1 Å². The molecule has 2 heterocycles. The van der Waals surface area contributed by atoms with Gasteiger partial charge in [-0.3, -0.25) is 4.79 Å². The van der Waals surface area contributed by atoms with Crippen LogP contribution < -0.4 is 0 Å². The molecule has 2 aromatic heterocycles. The van der Waals surface area contributed by atoms with Crippen LogP contribution in [0.2, 0.25) is 0 Å². The lowest BCUT2D eigenvalue weighted by molar-refractivity contribution is -0.131. The van der Waals surface area contributed by atoms with Gasteiger partial charge in [0.1, 0.15) is 11.5 Å². The highest BCUT2D eigenvalue weighted by Crippen LogP contribution is 2.29. The van der Waals surface area contributed by atoms with Gasteiger partial charge in [0.15, 0.2) is 0 Å². The lowest BCUT2D eigenvalue weighted by Crippen LogP contribution is -2.31. The first-order chi connectivity index (χ1) is 12.7. The maximum atomic E-state index is 12.4. The van der Waals surface area contributed by atoms with Crippen LogP contribution in [-0.4, -0.2) is 17.4 Å². The van der Waals surface area contributed by atoms with Gasteiger partial charge >= 0.3 is 0 Å². The Morgan fingerprint density at radius 3 is 2.38 bits per heavy atom. The fourth-order valence-corrected chi connectivity index (χ4v) is 3.15. The summed E-state index contributed by atoms with van der Waals surface area (Å²) in [7, 11) is 0. The second-order valence-electron chi connectivity index (χ2n) is 6.52. The van der Waals surface area contributed by atoms with Gasteiger partial charge in [-0.05, 0) is 43.2 Å². The van der Waals surface area contributed by atoms with Gasteiger partial charge in [-0.15, -0.1) is 0 Å². The fourth-order valence-electron chi connectivity index (χ4n) is 3.15. The lowest BCUT2D eigenvalue weighted by atomic mass is 9.92. The lowest BCUT2D eigenvalue weighted by Gasteiger charge is -2.24. The molecule has 0 aliphatic carbocycles. The van der Waals surface area contributed by atoms with Crippen LogP contribution in [0.25, 0.3) is 0 Å². The largest absolute Gasteiger partial charge is 0.469 e. The number of hydrogen-bond donors (Lipinski definition) is 0. The first-order valence-electron chi connectivity index (χ1n) is 9.07. The molecule has 0 fully saturated rings. The Hall–Kier alpha value is -2.75. The van der Waals surface area contributed by atoms with Gasteiger partial charge in [0.25, 0.3) is 0 Å². The highest BCUT2D eigenvalue weighted by Gasteiger charge is 2.21. The van der Waals surface area contributed by atoms with E-state index in [2.05, 4.69) is 31.2 Å². The number of carbonyl (C=O) groups excluding carboxylic acids is 1. The first-order valence-corrected chi connectivity index (χ1v) is 9.07. The molecule has 0 saturated heterocycles. The third kappa shape index (κ3) is 4.45. The summed E-state index contributed by atoms with van der Waals surface area (Å²) in [6.07, 6.45) is 4.62. The number of benzene rings is 1. The van der Waals surface area contributed by atoms with E-state index >= 15 is 0 Å². The molecule has 0 N–H and O–H groups in total. The number of aryl methyl sites for hydroxylation is 1. The highest BCUT2D eigenvalue weighted by molar-refractivity contribution is 5.75. The summed E-state index contributed by atoms with van der Waals surface area (Å²) in [5.74, 6) is 1.98. The molecule has 3 aromatic rings. The van der Waals surface area contributed by atoms with Crippen molar-refractivity contribution in [3.63, 3.8) is 0 Å². The second kappa shape index (κ2) is 8.56. The summed E-state index contributed by atoms with van der Waals surface area (Å²) in [5, 5.41) is 0. The quantitative estimate of drug-likeness (QED) is 0.564. The summed E-state index contributed by atoms with van der Waals surface area (Å²) in [6.45, 7) is 5.11. The van der Waals surface area contributed by atoms with Crippen LogP contribution in [0.1, 0.15) is 48.3 Å². The van der Waals surface area contributed by atoms with E-state index in [1.807, 2.05) is 36.1 Å². The van der Waals surface area contributed by atoms with Gasteiger partial charge < -0.3 is 13.7 Å². The zero-order chi connectivity index (χ0) is 18.4. The summed E-state index contributed by atoms with van der Waals surface area (Å²) in [5.41, 5.74) is 2.43. The molecule has 4 nitrogen and oxygen atoms in total. The monoisotopic (exact) mass is 351 g/mol. The van der Waals surface area contributed by atoms with Gasteiger partial charge in [0.05, 0.1) is 19.1 Å². The molecular weight excluding hydrogens is 326 g/mol. The van der Waals surface area contributed by atoms with E-state index in [4.69, 9.17) is 8.83 Å². The Labute approximate surface area is 154 Å². The second-order valence-corrected chi connectivity index (χ2v) is 6.52. The maximum absolute atomic E-state index is 12.4. The molecule has 3 rings (SSSR count). The smallest absolute Gasteiger partial charge is 0.222 e. The van der Waals surface area contributed by atoms with E-state index in [-0.39, 0.29) is 11.8 Å². The van der Waals surface area contributed by atoms with Crippen molar-refractivity contribution in [3.8, 4) is 0 Å². The Balaban J connectivity index is 1.76. The molecule has 0 aliphatic heterocycles. The molecule has 0 radical (unpaired) electrons. The van der Waals surface area contributed by atoms with Gasteiger partial charge in [0, 0.05) is 18.9 Å². The maximum Gasteiger partial charge on any atom is 0.222 e. The zero-order valence-electron chi connectivity index (χ0n) is 15.4. The molecule has 1 atom stereocenters. The van der Waals surface area contributed by atoms with Crippen molar-refractivity contribution in [3.05, 3.63) is 83.7 Å². The Morgan fingerprint density at radius 1 is 1.04 bits per heavy atom. The number of carbonyl (C=O) groups is 1. The molecule has 0 bridgehead atoms. The normalized spacial score (nSPS) is 12.1. The number of furan rings is 2. The molecule has 0 unspecified atom stereocenters. The molecule has 4 heteroatoms. The van der Waals surface area contributed by atoms with Crippen LogP contribution >= 0.6 is 0 Å². The van der Waals surface area contributed by atoms with Gasteiger partial charge in [0.2, 0.25) is 5.91 Å². The highest BCUT2D eigenvalue weighted by atomic mass is 16.3. The average molecular weight is 351 g/mol. The molecule has 26 heavy (non-hydrogen) atoms. The van der Waals surface area contributed by atoms with Gasteiger partial charge in [-0.25, -0.2) is 0 Å². The molecule has 1 amide bonds. The van der Waals surface area contributed by atoms with E-state index in [0.29, 0.717) is 19.5 Å². The van der Waals surface area contributed by atoms with Gasteiger partial charge in [-0.1, -0.05) is 36.8 Å². The third-order valence-corrected chi connectivity index (χ3v) is 4.64. The fraction of sp³-hybridized carbons (Fsp3) is 0.318. The van der Waals surface area contributed by atoms with Crippen molar-refractivity contribution in [2.45, 2.75) is 39.2 Å². The molecule has 0 aliphatic rings. The van der Waals surface area contributed by atoms with Crippen LogP contribution in [0, 0.1) is 6.92 Å². The SMILES string of the molecule is CCC(=O)N(CC[C@@H](c1ccc(C)cc1)c1ccco1)Cc1ccco1. The van der Waals surface area contributed by atoms with Crippen molar-refractivity contribution >= 4 is 5.91 Å². The molecule has 0 saturated carbocycles. The Bertz CT molecular complexity index is 789. The topological polar surface area (TPSA) is 46.6 Å². The van der Waals surface area contributed by atoms with Crippen molar-refractivity contribution in [2.24, 2.45) is 0 Å². The zero-order valence-corrected chi connectivity index (χ0v) is 15.4. The van der Waals surface area contributed by atoms with Crippen LogP contribution in [0.3, 0.4) is 0 Å². The summed E-state index contributed by atoms with van der Waals surface area (Å²) < 4.78 is 11.1. The number of hydrogen-bond acceptors (Lipinski definition) is 3. The minimum atomic E-state index is 0.120. The third-order valence-electron chi connectivity index (χ3n) is 4.64. The van der Waals surface area contributed by atoms with Crippen molar-refractivity contribution in [2.75, 3.05) is 6.54 Å². The summed E-state index contributed by atoms with van der Waals surface area (Å²) in [6, 6.07) is 16.2.